The fourth-order valence-corrected chi connectivity index (χ4v) is 1.18. The van der Waals surface area contributed by atoms with E-state index < -0.39 is 23.9 Å². The number of esters is 1. The molecule has 1 rings (SSSR count). The zero-order valence-corrected chi connectivity index (χ0v) is 9.26. The third kappa shape index (κ3) is 3.37. The molecule has 0 N–H and O–H groups in total. The molecular formula is C10H9F2NO5. The van der Waals surface area contributed by atoms with E-state index in [2.05, 4.69) is 9.47 Å². The van der Waals surface area contributed by atoms with Gasteiger partial charge in [-0.2, -0.15) is 0 Å². The van der Waals surface area contributed by atoms with E-state index in [0.717, 1.165) is 25.3 Å². The van der Waals surface area contributed by atoms with Crippen molar-refractivity contribution < 1.29 is 28.0 Å². The number of ether oxygens (including phenoxy) is 2. The Balaban J connectivity index is 3.08. The Morgan fingerprint density at radius 2 is 2.17 bits per heavy atom. The minimum absolute atomic E-state index is 0.187. The van der Waals surface area contributed by atoms with Crippen molar-refractivity contribution in [1.82, 2.24) is 0 Å². The van der Waals surface area contributed by atoms with Crippen molar-refractivity contribution in [1.29, 1.82) is 0 Å². The molecule has 0 heterocycles. The monoisotopic (exact) mass is 261 g/mol. The van der Waals surface area contributed by atoms with Crippen LogP contribution in [0, 0.1) is 10.1 Å². The normalized spacial score (nSPS) is 10.2. The second-order valence-electron chi connectivity index (χ2n) is 3.13. The average molecular weight is 261 g/mol. The van der Waals surface area contributed by atoms with Gasteiger partial charge in [0.15, 0.2) is 0 Å². The molecule has 0 aromatic heterocycles. The van der Waals surface area contributed by atoms with Crippen LogP contribution < -0.4 is 4.74 Å². The maximum atomic E-state index is 12.0. The van der Waals surface area contributed by atoms with Gasteiger partial charge in [0.2, 0.25) is 0 Å². The molecule has 0 unspecified atom stereocenters. The molecule has 0 amide bonds. The third-order valence-corrected chi connectivity index (χ3v) is 1.94. The molecule has 18 heavy (non-hydrogen) atoms. The van der Waals surface area contributed by atoms with E-state index in [0.29, 0.717) is 0 Å². The molecule has 0 aliphatic heterocycles. The summed E-state index contributed by atoms with van der Waals surface area (Å²) < 4.78 is 33.1. The molecule has 8 heteroatoms. The number of alkyl halides is 2. The summed E-state index contributed by atoms with van der Waals surface area (Å²) in [6, 6.07) is 3.03. The van der Waals surface area contributed by atoms with Crippen molar-refractivity contribution in [3.05, 3.63) is 33.9 Å². The summed E-state index contributed by atoms with van der Waals surface area (Å²) in [6.45, 7) is -0.915. The molecule has 1 aromatic carbocycles. The number of carbonyl (C=O) groups is 1. The van der Waals surface area contributed by atoms with Crippen molar-refractivity contribution in [3.8, 4) is 5.75 Å². The fraction of sp³-hybridized carbons (Fsp3) is 0.300. The lowest BCUT2D eigenvalue weighted by Crippen LogP contribution is -2.11. The number of hydrogen-bond acceptors (Lipinski definition) is 5. The largest absolute Gasteiger partial charge is 0.487 e. The number of rotatable bonds is 5. The van der Waals surface area contributed by atoms with Gasteiger partial charge in [-0.15, -0.1) is 0 Å². The summed E-state index contributed by atoms with van der Waals surface area (Å²) in [6.07, 6.45) is -2.72. The van der Waals surface area contributed by atoms with Gasteiger partial charge in [0.05, 0.1) is 12.0 Å². The van der Waals surface area contributed by atoms with Gasteiger partial charge in [0.1, 0.15) is 17.9 Å². The molecule has 0 radical (unpaired) electrons. The van der Waals surface area contributed by atoms with Gasteiger partial charge < -0.3 is 9.47 Å². The first-order valence-corrected chi connectivity index (χ1v) is 4.73. The van der Waals surface area contributed by atoms with Crippen molar-refractivity contribution >= 4 is 11.7 Å². The van der Waals surface area contributed by atoms with E-state index >= 15 is 0 Å². The molecule has 0 aliphatic rings. The van der Waals surface area contributed by atoms with Crippen LogP contribution in [0.15, 0.2) is 18.2 Å². The first-order valence-electron chi connectivity index (χ1n) is 4.73. The number of nitrogens with zero attached hydrogens (tertiary/aromatic N) is 1. The van der Waals surface area contributed by atoms with Crippen LogP contribution in [0.4, 0.5) is 14.5 Å². The predicted molar refractivity (Wildman–Crippen MR) is 55.9 cm³/mol. The second-order valence-corrected chi connectivity index (χ2v) is 3.13. The number of nitro groups is 1. The van der Waals surface area contributed by atoms with Gasteiger partial charge in [-0.25, -0.2) is 13.6 Å². The number of halogens is 2. The summed E-state index contributed by atoms with van der Waals surface area (Å²) >= 11 is 0. The molecule has 0 fully saturated rings. The Bertz CT molecular complexity index is 464. The maximum Gasteiger partial charge on any atom is 0.341 e. The zero-order valence-electron chi connectivity index (χ0n) is 9.26. The third-order valence-electron chi connectivity index (χ3n) is 1.94. The van der Waals surface area contributed by atoms with Crippen molar-refractivity contribution in [2.45, 2.75) is 6.43 Å². The van der Waals surface area contributed by atoms with E-state index in [4.69, 9.17) is 0 Å². The first-order chi connectivity index (χ1) is 8.45. The Morgan fingerprint density at radius 1 is 1.50 bits per heavy atom. The molecule has 6 nitrogen and oxygen atoms in total. The van der Waals surface area contributed by atoms with Crippen LogP contribution >= 0.6 is 0 Å². The highest BCUT2D eigenvalue weighted by atomic mass is 19.3. The van der Waals surface area contributed by atoms with Gasteiger partial charge in [0.25, 0.3) is 12.1 Å². The predicted octanol–water partition coefficient (Wildman–Crippen LogP) is 2.03. The lowest BCUT2D eigenvalue weighted by Gasteiger charge is -2.09. The van der Waals surface area contributed by atoms with Crippen LogP contribution in [0.2, 0.25) is 0 Å². The van der Waals surface area contributed by atoms with Gasteiger partial charge in [-0.3, -0.25) is 10.1 Å². The molecule has 0 bridgehead atoms. The number of nitro benzene ring substituents is 1. The van der Waals surface area contributed by atoms with Gasteiger partial charge in [0, 0.05) is 12.1 Å². The first kappa shape index (κ1) is 13.8. The number of carbonyl (C=O) groups excluding carboxylic acids is 1. The lowest BCUT2D eigenvalue weighted by molar-refractivity contribution is -0.384. The molecule has 1 aromatic rings. The number of benzene rings is 1. The van der Waals surface area contributed by atoms with E-state index in [1.165, 1.54) is 0 Å². The summed E-state index contributed by atoms with van der Waals surface area (Å²) in [7, 11) is 1.07. The molecule has 0 spiro atoms. The van der Waals surface area contributed by atoms with Crippen LogP contribution in [-0.2, 0) is 4.74 Å². The minimum atomic E-state index is -2.72. The van der Waals surface area contributed by atoms with Crippen molar-refractivity contribution in [2.24, 2.45) is 0 Å². The van der Waals surface area contributed by atoms with Crippen molar-refractivity contribution in [2.75, 3.05) is 13.7 Å². The average Bonchev–Trinajstić information content (AvgIpc) is 2.34. The number of hydrogen-bond donors (Lipinski definition) is 0. The highest BCUT2D eigenvalue weighted by molar-refractivity contribution is 5.93. The van der Waals surface area contributed by atoms with Gasteiger partial charge >= 0.3 is 5.97 Å². The van der Waals surface area contributed by atoms with Crippen LogP contribution in [0.3, 0.4) is 0 Å². The van der Waals surface area contributed by atoms with E-state index in [1.807, 2.05) is 0 Å². The Kier molecular flexibility index (Phi) is 4.52. The molecule has 0 saturated heterocycles. The van der Waals surface area contributed by atoms with E-state index in [1.54, 1.807) is 0 Å². The molecular weight excluding hydrogens is 252 g/mol. The van der Waals surface area contributed by atoms with Gasteiger partial charge in [-0.05, 0) is 6.07 Å². The van der Waals surface area contributed by atoms with Crippen LogP contribution in [0.1, 0.15) is 10.4 Å². The summed E-state index contributed by atoms with van der Waals surface area (Å²) in [5.74, 6) is -1.09. The van der Waals surface area contributed by atoms with Crippen LogP contribution in [-0.4, -0.2) is 31.0 Å². The molecule has 0 saturated carbocycles. The van der Waals surface area contributed by atoms with Crippen LogP contribution in [0.25, 0.3) is 0 Å². The summed E-state index contributed by atoms with van der Waals surface area (Å²) in [4.78, 5) is 21.2. The number of non-ortho nitro benzene ring substituents is 1. The van der Waals surface area contributed by atoms with Crippen molar-refractivity contribution in [3.63, 3.8) is 0 Å². The molecule has 0 atom stereocenters. The highest BCUT2D eigenvalue weighted by Crippen LogP contribution is 2.25. The zero-order chi connectivity index (χ0) is 13.7. The summed E-state index contributed by atoms with van der Waals surface area (Å²) in [5, 5.41) is 10.5. The standard InChI is InChI=1S/C10H9F2NO5/c1-17-10(14)7-4-6(13(15)16)2-3-8(7)18-5-9(11)12/h2-4,9H,5H2,1H3. The highest BCUT2D eigenvalue weighted by Gasteiger charge is 2.19. The smallest absolute Gasteiger partial charge is 0.341 e. The topological polar surface area (TPSA) is 78.7 Å². The second kappa shape index (κ2) is 5.89. The Hall–Kier alpha value is -2.25. The van der Waals surface area contributed by atoms with Crippen LogP contribution in [0.5, 0.6) is 5.75 Å². The van der Waals surface area contributed by atoms with E-state index in [9.17, 15) is 23.7 Å². The Labute approximate surface area is 100 Å². The SMILES string of the molecule is COC(=O)c1cc([N+](=O)[O-])ccc1OCC(F)F. The van der Waals surface area contributed by atoms with Gasteiger partial charge in [-0.1, -0.05) is 0 Å². The quantitative estimate of drug-likeness (QED) is 0.460. The number of methoxy groups -OCH3 is 1. The maximum absolute atomic E-state index is 12.0. The molecule has 98 valence electrons. The lowest BCUT2D eigenvalue weighted by atomic mass is 10.2. The minimum Gasteiger partial charge on any atom is -0.487 e. The Morgan fingerprint density at radius 3 is 2.67 bits per heavy atom. The fourth-order valence-electron chi connectivity index (χ4n) is 1.18. The summed E-state index contributed by atoms with van der Waals surface area (Å²) in [5.41, 5.74) is -0.632. The van der Waals surface area contributed by atoms with E-state index in [-0.39, 0.29) is 17.0 Å². The molecule has 0 aliphatic carbocycles.